The normalized spacial score (nSPS) is 38.4. The number of hydrogen-bond acceptors (Lipinski definition) is 1. The predicted octanol–water partition coefficient (Wildman–Crippen LogP) is 4.15. The van der Waals surface area contributed by atoms with Gasteiger partial charge in [0.05, 0.1) is 0 Å². The van der Waals surface area contributed by atoms with Gasteiger partial charge in [0.2, 0.25) is 0 Å². The minimum atomic E-state index is 0.692. The van der Waals surface area contributed by atoms with Gasteiger partial charge in [-0.2, -0.15) is 0 Å². The van der Waals surface area contributed by atoms with Crippen LogP contribution in [-0.2, 0) is 13.0 Å². The van der Waals surface area contributed by atoms with Gasteiger partial charge in [-0.25, -0.2) is 0 Å². The molecule has 0 saturated heterocycles. The average molecular weight is 269 g/mol. The van der Waals surface area contributed by atoms with E-state index < -0.39 is 0 Å². The first kappa shape index (κ1) is 12.9. The Morgan fingerprint density at radius 2 is 1.45 bits per heavy atom. The molecule has 4 fully saturated rings. The van der Waals surface area contributed by atoms with E-state index in [0.29, 0.717) is 6.54 Å². The summed E-state index contributed by atoms with van der Waals surface area (Å²) in [6, 6.07) is 8.78. The molecule has 1 aromatic carbocycles. The maximum absolute atomic E-state index is 5.88. The Morgan fingerprint density at radius 1 is 0.850 bits per heavy atom. The summed E-state index contributed by atoms with van der Waals surface area (Å²) in [5.41, 5.74) is 8.74. The van der Waals surface area contributed by atoms with Crippen molar-refractivity contribution >= 4 is 0 Å². The number of rotatable bonds is 4. The Morgan fingerprint density at radius 3 is 2.05 bits per heavy atom. The molecule has 0 heterocycles. The van der Waals surface area contributed by atoms with E-state index in [-0.39, 0.29) is 0 Å². The summed E-state index contributed by atoms with van der Waals surface area (Å²) in [5, 5.41) is 0. The first-order chi connectivity index (χ1) is 9.83. The van der Waals surface area contributed by atoms with Gasteiger partial charge >= 0.3 is 0 Å². The van der Waals surface area contributed by atoms with Crippen molar-refractivity contribution in [2.45, 2.75) is 51.5 Å². The van der Waals surface area contributed by atoms with Crippen LogP contribution in [0.2, 0.25) is 0 Å². The third kappa shape index (κ3) is 2.20. The monoisotopic (exact) mass is 269 g/mol. The highest BCUT2D eigenvalue weighted by atomic mass is 14.5. The lowest BCUT2D eigenvalue weighted by Crippen LogP contribution is -2.45. The second kappa shape index (κ2) is 5.18. The molecular formula is C19H27N. The molecule has 5 rings (SSSR count). The van der Waals surface area contributed by atoms with Gasteiger partial charge in [-0.3, -0.25) is 0 Å². The molecular weight excluding hydrogens is 242 g/mol. The van der Waals surface area contributed by atoms with Gasteiger partial charge < -0.3 is 5.73 Å². The van der Waals surface area contributed by atoms with Gasteiger partial charge in [-0.15, -0.1) is 0 Å². The Balaban J connectivity index is 1.45. The van der Waals surface area contributed by atoms with Crippen molar-refractivity contribution in [1.82, 2.24) is 0 Å². The fraction of sp³-hybridized carbons (Fsp3) is 0.684. The van der Waals surface area contributed by atoms with E-state index in [0.717, 1.165) is 29.6 Å². The lowest BCUT2D eigenvalue weighted by molar-refractivity contribution is -0.0394. The van der Waals surface area contributed by atoms with Crippen LogP contribution in [0.15, 0.2) is 24.3 Å². The average Bonchev–Trinajstić information content (AvgIpc) is 2.46. The fourth-order valence-electron chi connectivity index (χ4n) is 5.83. The van der Waals surface area contributed by atoms with Crippen LogP contribution >= 0.6 is 0 Å². The maximum Gasteiger partial charge on any atom is 0.0180 e. The van der Waals surface area contributed by atoms with Gasteiger partial charge in [0.15, 0.2) is 0 Å². The first-order valence-corrected chi connectivity index (χ1v) is 8.60. The molecule has 0 atom stereocenters. The molecule has 0 unspecified atom stereocenters. The largest absolute Gasteiger partial charge is 0.326 e. The summed E-state index contributed by atoms with van der Waals surface area (Å²) in [6.45, 7) is 0.692. The third-order valence-electron chi connectivity index (χ3n) is 6.51. The van der Waals surface area contributed by atoms with Crippen LogP contribution in [0.25, 0.3) is 0 Å². The van der Waals surface area contributed by atoms with Crippen LogP contribution in [0.3, 0.4) is 0 Å². The van der Waals surface area contributed by atoms with Crippen molar-refractivity contribution in [1.29, 1.82) is 0 Å². The summed E-state index contributed by atoms with van der Waals surface area (Å²) < 4.78 is 0. The summed E-state index contributed by atoms with van der Waals surface area (Å²) in [7, 11) is 0. The standard InChI is InChI=1S/C19H27N/c20-12-16-4-2-1-3-15(16)5-6-19-17-8-13-7-14(10-17)11-18(19)9-13/h1-4,13-14,17-19H,5-12,20H2. The van der Waals surface area contributed by atoms with Crippen molar-refractivity contribution in [3.8, 4) is 0 Å². The number of nitrogens with two attached hydrogens (primary N) is 1. The number of benzene rings is 1. The third-order valence-corrected chi connectivity index (χ3v) is 6.51. The zero-order valence-electron chi connectivity index (χ0n) is 12.4. The molecule has 20 heavy (non-hydrogen) atoms. The van der Waals surface area contributed by atoms with Crippen molar-refractivity contribution in [3.63, 3.8) is 0 Å². The van der Waals surface area contributed by atoms with Crippen LogP contribution in [0, 0.1) is 29.6 Å². The zero-order valence-corrected chi connectivity index (χ0v) is 12.4. The van der Waals surface area contributed by atoms with Crippen LogP contribution < -0.4 is 5.73 Å². The van der Waals surface area contributed by atoms with Crippen molar-refractivity contribution in [3.05, 3.63) is 35.4 Å². The van der Waals surface area contributed by atoms with Gasteiger partial charge in [-0.05, 0) is 85.7 Å². The van der Waals surface area contributed by atoms with Crippen molar-refractivity contribution in [2.24, 2.45) is 35.3 Å². The molecule has 4 aliphatic carbocycles. The second-order valence-electron chi connectivity index (χ2n) is 7.61. The molecule has 1 heteroatoms. The molecule has 4 bridgehead atoms. The van der Waals surface area contributed by atoms with E-state index in [9.17, 15) is 0 Å². The van der Waals surface area contributed by atoms with Crippen LogP contribution in [-0.4, -0.2) is 0 Å². The maximum atomic E-state index is 5.88. The Kier molecular flexibility index (Phi) is 3.34. The lowest BCUT2D eigenvalue weighted by Gasteiger charge is -2.54. The van der Waals surface area contributed by atoms with Crippen molar-refractivity contribution in [2.75, 3.05) is 0 Å². The number of aryl methyl sites for hydroxylation is 1. The van der Waals surface area contributed by atoms with Crippen LogP contribution in [0.1, 0.15) is 49.7 Å². The molecule has 1 aromatic rings. The Bertz CT molecular complexity index is 450. The molecule has 4 aliphatic rings. The molecule has 2 N–H and O–H groups in total. The lowest BCUT2D eigenvalue weighted by atomic mass is 9.51. The van der Waals surface area contributed by atoms with Gasteiger partial charge in [-0.1, -0.05) is 24.3 Å². The highest BCUT2D eigenvalue weighted by Crippen LogP contribution is 2.57. The molecule has 0 amide bonds. The number of hydrogen-bond donors (Lipinski definition) is 1. The van der Waals surface area contributed by atoms with E-state index in [1.165, 1.54) is 24.0 Å². The molecule has 0 aliphatic heterocycles. The molecule has 1 nitrogen and oxygen atoms in total. The van der Waals surface area contributed by atoms with E-state index in [1.54, 1.807) is 32.1 Å². The van der Waals surface area contributed by atoms with Crippen LogP contribution in [0.5, 0.6) is 0 Å². The van der Waals surface area contributed by atoms with Gasteiger partial charge in [0, 0.05) is 6.54 Å². The summed E-state index contributed by atoms with van der Waals surface area (Å²) in [4.78, 5) is 0. The van der Waals surface area contributed by atoms with Gasteiger partial charge in [0.1, 0.15) is 0 Å². The summed E-state index contributed by atoms with van der Waals surface area (Å²) in [5.74, 6) is 5.36. The quantitative estimate of drug-likeness (QED) is 0.873. The van der Waals surface area contributed by atoms with Crippen LogP contribution in [0.4, 0.5) is 0 Å². The Labute approximate surface area is 122 Å². The van der Waals surface area contributed by atoms with E-state index >= 15 is 0 Å². The smallest absolute Gasteiger partial charge is 0.0180 e. The van der Waals surface area contributed by atoms with E-state index in [1.807, 2.05) is 0 Å². The second-order valence-corrected chi connectivity index (χ2v) is 7.61. The minimum Gasteiger partial charge on any atom is -0.326 e. The fourth-order valence-corrected chi connectivity index (χ4v) is 5.83. The molecule has 0 radical (unpaired) electrons. The molecule has 0 aromatic heterocycles. The minimum absolute atomic E-state index is 0.692. The first-order valence-electron chi connectivity index (χ1n) is 8.60. The van der Waals surface area contributed by atoms with Crippen molar-refractivity contribution < 1.29 is 0 Å². The zero-order chi connectivity index (χ0) is 13.5. The summed E-state index contributed by atoms with van der Waals surface area (Å²) in [6.07, 6.45) is 10.4. The highest BCUT2D eigenvalue weighted by Gasteiger charge is 2.47. The SMILES string of the molecule is NCc1ccccc1CCC1C2CC3CC(C2)CC1C3. The highest BCUT2D eigenvalue weighted by molar-refractivity contribution is 5.27. The predicted molar refractivity (Wildman–Crippen MR) is 83.2 cm³/mol. The van der Waals surface area contributed by atoms with E-state index in [4.69, 9.17) is 5.73 Å². The molecule has 0 spiro atoms. The summed E-state index contributed by atoms with van der Waals surface area (Å²) >= 11 is 0. The Hall–Kier alpha value is -0.820. The molecule has 108 valence electrons. The molecule has 4 saturated carbocycles. The van der Waals surface area contributed by atoms with Gasteiger partial charge in [0.25, 0.3) is 0 Å². The van der Waals surface area contributed by atoms with E-state index in [2.05, 4.69) is 24.3 Å². The topological polar surface area (TPSA) is 26.0 Å².